The Labute approximate surface area is 72.0 Å². The molecule has 1 N–H and O–H groups in total. The fraction of sp³-hybridized carbons (Fsp3) is 0.500. The average Bonchev–Trinajstić information content (AvgIpc) is 2.34. The zero-order valence-electron chi connectivity index (χ0n) is 5.54. The Kier molecular flexibility index (Phi) is 2.82. The first-order valence-corrected chi connectivity index (χ1v) is 4.90. The maximum atomic E-state index is 9.32. The molecule has 1 heterocycles. The van der Waals surface area contributed by atoms with Crippen LogP contribution in [0.1, 0.15) is 16.7 Å². The Morgan fingerprint density at radius 3 is 3.00 bits per heavy atom. The van der Waals surface area contributed by atoms with E-state index in [1.165, 1.54) is 11.3 Å². The quantitative estimate of drug-likeness (QED) is 0.775. The van der Waals surface area contributed by atoms with Crippen molar-refractivity contribution in [1.29, 1.82) is 0 Å². The molecular formula is C6H8BrNOS. The lowest BCUT2D eigenvalue weighted by Gasteiger charge is -2.02. The highest BCUT2D eigenvalue weighted by Gasteiger charge is 2.10. The SMILES string of the molecule is Cc1ncsc1C(O)CBr. The second kappa shape index (κ2) is 3.46. The first-order valence-electron chi connectivity index (χ1n) is 2.89. The molecule has 0 aromatic carbocycles. The normalized spacial score (nSPS) is 13.5. The molecule has 1 atom stereocenters. The predicted molar refractivity (Wildman–Crippen MR) is 45.6 cm³/mol. The van der Waals surface area contributed by atoms with Gasteiger partial charge in [-0.05, 0) is 6.92 Å². The van der Waals surface area contributed by atoms with E-state index in [1.54, 1.807) is 5.51 Å². The Morgan fingerprint density at radius 2 is 2.60 bits per heavy atom. The highest BCUT2D eigenvalue weighted by atomic mass is 79.9. The van der Waals surface area contributed by atoms with Crippen molar-refractivity contribution in [3.8, 4) is 0 Å². The molecular weight excluding hydrogens is 214 g/mol. The van der Waals surface area contributed by atoms with Crippen molar-refractivity contribution >= 4 is 27.3 Å². The molecule has 0 saturated carbocycles. The van der Waals surface area contributed by atoms with E-state index in [0.717, 1.165) is 10.6 Å². The molecule has 0 saturated heterocycles. The summed E-state index contributed by atoms with van der Waals surface area (Å²) in [5.74, 6) is 0. The second-order valence-corrected chi connectivity index (χ2v) is 3.51. The highest BCUT2D eigenvalue weighted by molar-refractivity contribution is 9.09. The van der Waals surface area contributed by atoms with E-state index in [9.17, 15) is 5.11 Å². The third kappa shape index (κ3) is 1.56. The third-order valence-corrected chi connectivity index (χ3v) is 2.88. The Bertz CT molecular complexity index is 213. The third-order valence-electron chi connectivity index (χ3n) is 1.23. The van der Waals surface area contributed by atoms with Gasteiger partial charge in [0.05, 0.1) is 22.2 Å². The van der Waals surface area contributed by atoms with Gasteiger partial charge in [0, 0.05) is 5.33 Å². The van der Waals surface area contributed by atoms with Crippen LogP contribution in [0.4, 0.5) is 0 Å². The predicted octanol–water partition coefficient (Wildman–Crippen LogP) is 1.88. The number of halogens is 1. The van der Waals surface area contributed by atoms with Crippen LogP contribution in [0.5, 0.6) is 0 Å². The zero-order valence-corrected chi connectivity index (χ0v) is 7.94. The molecule has 1 unspecified atom stereocenters. The fourth-order valence-electron chi connectivity index (χ4n) is 0.701. The van der Waals surface area contributed by atoms with Crippen LogP contribution in [0.2, 0.25) is 0 Å². The summed E-state index contributed by atoms with van der Waals surface area (Å²) >= 11 is 4.69. The van der Waals surface area contributed by atoms with E-state index in [4.69, 9.17) is 0 Å². The van der Waals surface area contributed by atoms with Crippen molar-refractivity contribution in [3.05, 3.63) is 16.1 Å². The topological polar surface area (TPSA) is 33.1 Å². The number of alkyl halides is 1. The molecule has 0 bridgehead atoms. The molecule has 1 rings (SSSR count). The van der Waals surface area contributed by atoms with Gasteiger partial charge in [0.25, 0.3) is 0 Å². The molecule has 1 aromatic heterocycles. The number of aromatic nitrogens is 1. The van der Waals surface area contributed by atoms with E-state index in [0.29, 0.717) is 5.33 Å². The summed E-state index contributed by atoms with van der Waals surface area (Å²) in [4.78, 5) is 4.98. The minimum atomic E-state index is -0.396. The van der Waals surface area contributed by atoms with E-state index in [2.05, 4.69) is 20.9 Å². The summed E-state index contributed by atoms with van der Waals surface area (Å²) in [5.41, 5.74) is 2.67. The molecule has 0 aliphatic heterocycles. The maximum absolute atomic E-state index is 9.32. The molecule has 1 aromatic rings. The molecule has 0 spiro atoms. The number of hydrogen-bond acceptors (Lipinski definition) is 3. The van der Waals surface area contributed by atoms with Crippen LogP contribution in [-0.2, 0) is 0 Å². The molecule has 0 aliphatic carbocycles. The van der Waals surface area contributed by atoms with Gasteiger partial charge in [-0.15, -0.1) is 11.3 Å². The molecule has 2 nitrogen and oxygen atoms in total. The molecule has 0 fully saturated rings. The van der Waals surface area contributed by atoms with Crippen molar-refractivity contribution in [2.75, 3.05) is 5.33 Å². The van der Waals surface area contributed by atoms with Gasteiger partial charge < -0.3 is 5.11 Å². The average molecular weight is 222 g/mol. The first-order chi connectivity index (χ1) is 4.75. The summed E-state index contributed by atoms with van der Waals surface area (Å²) in [6, 6.07) is 0. The van der Waals surface area contributed by atoms with Gasteiger partial charge in [-0.3, -0.25) is 0 Å². The van der Waals surface area contributed by atoms with Gasteiger partial charge in [0.2, 0.25) is 0 Å². The van der Waals surface area contributed by atoms with E-state index in [-0.39, 0.29) is 0 Å². The molecule has 0 radical (unpaired) electrons. The van der Waals surface area contributed by atoms with Crippen LogP contribution in [0.3, 0.4) is 0 Å². The molecule has 56 valence electrons. The van der Waals surface area contributed by atoms with Crippen LogP contribution >= 0.6 is 27.3 Å². The van der Waals surface area contributed by atoms with Crippen molar-refractivity contribution in [2.45, 2.75) is 13.0 Å². The highest BCUT2D eigenvalue weighted by Crippen LogP contribution is 2.22. The summed E-state index contributed by atoms with van der Waals surface area (Å²) < 4.78 is 0. The Hall–Kier alpha value is 0.0700. The number of hydrogen-bond donors (Lipinski definition) is 1. The lowest BCUT2D eigenvalue weighted by atomic mass is 10.3. The van der Waals surface area contributed by atoms with Crippen molar-refractivity contribution < 1.29 is 5.11 Å². The Balaban J connectivity index is 2.82. The monoisotopic (exact) mass is 221 g/mol. The largest absolute Gasteiger partial charge is 0.387 e. The molecule has 4 heteroatoms. The van der Waals surface area contributed by atoms with Crippen LogP contribution in [0.25, 0.3) is 0 Å². The van der Waals surface area contributed by atoms with Crippen LogP contribution in [-0.4, -0.2) is 15.4 Å². The summed E-state index contributed by atoms with van der Waals surface area (Å²) in [5, 5.41) is 9.90. The van der Waals surface area contributed by atoms with Gasteiger partial charge in [0.15, 0.2) is 0 Å². The maximum Gasteiger partial charge on any atom is 0.0997 e. The van der Waals surface area contributed by atoms with Crippen molar-refractivity contribution in [1.82, 2.24) is 4.98 Å². The molecule has 0 amide bonds. The number of aryl methyl sites for hydroxylation is 1. The minimum absolute atomic E-state index is 0.396. The summed E-state index contributed by atoms with van der Waals surface area (Å²) in [6.45, 7) is 1.90. The van der Waals surface area contributed by atoms with E-state index in [1.807, 2.05) is 6.92 Å². The first kappa shape index (κ1) is 8.17. The lowest BCUT2D eigenvalue weighted by Crippen LogP contribution is -1.96. The van der Waals surface area contributed by atoms with Gasteiger partial charge in [-0.1, -0.05) is 15.9 Å². The lowest BCUT2D eigenvalue weighted by molar-refractivity contribution is 0.208. The van der Waals surface area contributed by atoms with Crippen LogP contribution < -0.4 is 0 Å². The number of thiazole rings is 1. The number of aliphatic hydroxyl groups excluding tert-OH is 1. The molecule has 0 aliphatic rings. The van der Waals surface area contributed by atoms with E-state index >= 15 is 0 Å². The zero-order chi connectivity index (χ0) is 7.56. The smallest absolute Gasteiger partial charge is 0.0997 e. The fourth-order valence-corrected chi connectivity index (χ4v) is 2.03. The van der Waals surface area contributed by atoms with Gasteiger partial charge >= 0.3 is 0 Å². The standard InChI is InChI=1S/C6H8BrNOS/c1-4-6(5(9)2-7)10-3-8-4/h3,5,9H,2H2,1H3. The van der Waals surface area contributed by atoms with Crippen LogP contribution in [0.15, 0.2) is 5.51 Å². The number of aliphatic hydroxyl groups is 1. The second-order valence-electron chi connectivity index (χ2n) is 1.97. The van der Waals surface area contributed by atoms with Gasteiger partial charge in [-0.25, -0.2) is 4.98 Å². The van der Waals surface area contributed by atoms with Crippen molar-refractivity contribution in [2.24, 2.45) is 0 Å². The number of nitrogens with zero attached hydrogens (tertiary/aromatic N) is 1. The van der Waals surface area contributed by atoms with Gasteiger partial charge in [0.1, 0.15) is 0 Å². The minimum Gasteiger partial charge on any atom is -0.387 e. The van der Waals surface area contributed by atoms with Crippen LogP contribution in [0, 0.1) is 6.92 Å². The number of rotatable bonds is 2. The van der Waals surface area contributed by atoms with Gasteiger partial charge in [-0.2, -0.15) is 0 Å². The summed E-state index contributed by atoms with van der Waals surface area (Å²) in [7, 11) is 0. The van der Waals surface area contributed by atoms with Crippen molar-refractivity contribution in [3.63, 3.8) is 0 Å². The van der Waals surface area contributed by atoms with E-state index < -0.39 is 6.10 Å². The Morgan fingerprint density at radius 1 is 1.90 bits per heavy atom. The summed E-state index contributed by atoms with van der Waals surface area (Å²) in [6.07, 6.45) is -0.396. The molecule has 10 heavy (non-hydrogen) atoms.